The third kappa shape index (κ3) is 2.36. The molecule has 0 saturated carbocycles. The first kappa shape index (κ1) is 10.2. The topological polar surface area (TPSA) is 64.5 Å². The van der Waals surface area contributed by atoms with Gasteiger partial charge in [0.05, 0.1) is 0 Å². The third-order valence-electron chi connectivity index (χ3n) is 2.08. The van der Waals surface area contributed by atoms with Crippen LogP contribution in [0.25, 0.3) is 0 Å². The van der Waals surface area contributed by atoms with Crippen molar-refractivity contribution in [2.24, 2.45) is 5.11 Å². The molecule has 2 aromatic rings. The summed E-state index contributed by atoms with van der Waals surface area (Å²) < 4.78 is 0. The van der Waals surface area contributed by atoms with Crippen LogP contribution in [0.1, 0.15) is 0 Å². The normalized spacial score (nSPS) is 11.4. The standard InChI is InChI=1S/C12H11N3O/c13-10-6-8-12(9-7-10)15(16)14-11-4-2-1-3-5-11/h1-9H,13H2/b15-14+. The van der Waals surface area contributed by atoms with Gasteiger partial charge in [-0.1, -0.05) is 23.1 Å². The van der Waals surface area contributed by atoms with Gasteiger partial charge in [0.2, 0.25) is 5.69 Å². The Balaban J connectivity index is 2.28. The van der Waals surface area contributed by atoms with Crippen LogP contribution in [0.5, 0.6) is 0 Å². The van der Waals surface area contributed by atoms with Crippen molar-refractivity contribution in [2.45, 2.75) is 0 Å². The Morgan fingerprint density at radius 1 is 0.938 bits per heavy atom. The number of benzene rings is 2. The van der Waals surface area contributed by atoms with Gasteiger partial charge in [-0.25, -0.2) is 0 Å². The predicted octanol–water partition coefficient (Wildman–Crippen LogP) is 3.19. The first-order valence-corrected chi connectivity index (χ1v) is 4.85. The van der Waals surface area contributed by atoms with Gasteiger partial charge in [-0.2, -0.15) is 0 Å². The minimum atomic E-state index is 0.457. The molecular weight excluding hydrogens is 202 g/mol. The zero-order valence-electron chi connectivity index (χ0n) is 8.58. The Hall–Kier alpha value is -2.36. The molecule has 0 amide bonds. The number of nitrogens with zero attached hydrogens (tertiary/aromatic N) is 2. The van der Waals surface area contributed by atoms with Crippen LogP contribution in [0.4, 0.5) is 17.1 Å². The molecule has 0 bridgehead atoms. The van der Waals surface area contributed by atoms with Crippen molar-refractivity contribution in [2.75, 3.05) is 5.73 Å². The Morgan fingerprint density at radius 2 is 1.56 bits per heavy atom. The third-order valence-corrected chi connectivity index (χ3v) is 2.08. The average Bonchev–Trinajstić information content (AvgIpc) is 2.31. The lowest BCUT2D eigenvalue weighted by Gasteiger charge is -1.99. The van der Waals surface area contributed by atoms with E-state index in [9.17, 15) is 5.21 Å². The SMILES string of the molecule is Nc1ccc(/[N+]([O-])=N\c2ccccc2)cc1. The molecule has 0 saturated heterocycles. The predicted molar refractivity (Wildman–Crippen MR) is 62.7 cm³/mol. The molecule has 2 aromatic carbocycles. The zero-order valence-corrected chi connectivity index (χ0v) is 8.58. The van der Waals surface area contributed by atoms with E-state index in [1.165, 1.54) is 0 Å². The van der Waals surface area contributed by atoms with E-state index in [4.69, 9.17) is 5.73 Å². The number of nitrogen functional groups attached to an aromatic ring is 1. The van der Waals surface area contributed by atoms with Gasteiger partial charge < -0.3 is 10.9 Å². The summed E-state index contributed by atoms with van der Waals surface area (Å²) in [6.07, 6.45) is 0. The maximum Gasteiger partial charge on any atom is 0.245 e. The molecule has 2 N–H and O–H groups in total. The van der Waals surface area contributed by atoms with E-state index in [1.54, 1.807) is 36.4 Å². The molecule has 0 aliphatic heterocycles. The molecule has 2 rings (SSSR count). The average molecular weight is 213 g/mol. The van der Waals surface area contributed by atoms with Gasteiger partial charge in [0, 0.05) is 22.9 Å². The zero-order chi connectivity index (χ0) is 11.4. The lowest BCUT2D eigenvalue weighted by molar-refractivity contribution is -0.435. The second-order valence-electron chi connectivity index (χ2n) is 3.30. The number of hydrogen-bond donors (Lipinski definition) is 1. The van der Waals surface area contributed by atoms with Crippen molar-refractivity contribution >= 4 is 17.1 Å². The molecule has 0 fully saturated rings. The molecular formula is C12H11N3O. The summed E-state index contributed by atoms with van der Waals surface area (Å²) >= 11 is 0. The van der Waals surface area contributed by atoms with E-state index in [0.717, 1.165) is 0 Å². The molecule has 80 valence electrons. The number of hydrogen-bond acceptors (Lipinski definition) is 3. The summed E-state index contributed by atoms with van der Waals surface area (Å²) in [5.74, 6) is 0. The first-order valence-electron chi connectivity index (χ1n) is 4.85. The molecule has 0 aliphatic rings. The highest BCUT2D eigenvalue weighted by molar-refractivity contribution is 5.44. The molecule has 0 atom stereocenters. The van der Waals surface area contributed by atoms with E-state index in [1.807, 2.05) is 18.2 Å². The van der Waals surface area contributed by atoms with Crippen molar-refractivity contribution < 1.29 is 4.86 Å². The first-order chi connectivity index (χ1) is 7.75. The van der Waals surface area contributed by atoms with Gasteiger partial charge in [-0.05, 0) is 24.3 Å². The largest absolute Gasteiger partial charge is 0.594 e. The molecule has 0 spiro atoms. The minimum Gasteiger partial charge on any atom is -0.594 e. The van der Waals surface area contributed by atoms with Crippen LogP contribution in [0.3, 0.4) is 0 Å². The van der Waals surface area contributed by atoms with Gasteiger partial charge >= 0.3 is 0 Å². The van der Waals surface area contributed by atoms with Crippen LogP contribution in [-0.2, 0) is 0 Å². The van der Waals surface area contributed by atoms with Gasteiger partial charge in [-0.15, -0.1) is 0 Å². The lowest BCUT2D eigenvalue weighted by atomic mass is 10.3. The van der Waals surface area contributed by atoms with Crippen LogP contribution in [0, 0.1) is 5.21 Å². The van der Waals surface area contributed by atoms with Crippen molar-refractivity contribution in [3.8, 4) is 0 Å². The summed E-state index contributed by atoms with van der Waals surface area (Å²) in [4.78, 5) is 0.578. The van der Waals surface area contributed by atoms with Crippen LogP contribution < -0.4 is 5.73 Å². The second kappa shape index (κ2) is 4.44. The summed E-state index contributed by atoms with van der Waals surface area (Å²) in [5.41, 5.74) is 7.23. The molecule has 0 unspecified atom stereocenters. The molecule has 16 heavy (non-hydrogen) atoms. The maximum absolute atomic E-state index is 11.6. The Labute approximate surface area is 93.2 Å². The highest BCUT2D eigenvalue weighted by Crippen LogP contribution is 2.17. The van der Waals surface area contributed by atoms with Crippen molar-refractivity contribution in [1.82, 2.24) is 0 Å². The quantitative estimate of drug-likeness (QED) is 0.360. The summed E-state index contributed by atoms with van der Waals surface area (Å²) in [7, 11) is 0. The van der Waals surface area contributed by atoms with Crippen LogP contribution in [0.2, 0.25) is 0 Å². The van der Waals surface area contributed by atoms with E-state index in [0.29, 0.717) is 21.9 Å². The van der Waals surface area contributed by atoms with E-state index >= 15 is 0 Å². The minimum absolute atomic E-state index is 0.457. The molecule has 4 nitrogen and oxygen atoms in total. The number of rotatable bonds is 2. The summed E-state index contributed by atoms with van der Waals surface area (Å²) in [6.45, 7) is 0. The lowest BCUT2D eigenvalue weighted by Crippen LogP contribution is -1.91. The van der Waals surface area contributed by atoms with Crippen molar-refractivity contribution in [3.63, 3.8) is 0 Å². The molecule has 0 heterocycles. The smallest absolute Gasteiger partial charge is 0.245 e. The summed E-state index contributed by atoms with van der Waals surface area (Å²) in [6, 6.07) is 15.7. The molecule has 0 aromatic heterocycles. The van der Waals surface area contributed by atoms with E-state index in [-0.39, 0.29) is 0 Å². The van der Waals surface area contributed by atoms with Crippen LogP contribution in [0.15, 0.2) is 59.7 Å². The molecule has 0 radical (unpaired) electrons. The van der Waals surface area contributed by atoms with Gasteiger partial charge in [0.15, 0.2) is 0 Å². The van der Waals surface area contributed by atoms with Gasteiger partial charge in [0.25, 0.3) is 0 Å². The Morgan fingerprint density at radius 3 is 2.19 bits per heavy atom. The van der Waals surface area contributed by atoms with Crippen molar-refractivity contribution in [3.05, 3.63) is 59.8 Å². The van der Waals surface area contributed by atoms with E-state index in [2.05, 4.69) is 5.11 Å². The van der Waals surface area contributed by atoms with Crippen LogP contribution in [-0.4, -0.2) is 4.86 Å². The fourth-order valence-electron chi connectivity index (χ4n) is 1.26. The monoisotopic (exact) mass is 213 g/mol. The fourth-order valence-corrected chi connectivity index (χ4v) is 1.26. The Bertz CT molecular complexity index is 491. The number of anilines is 1. The number of azo groups is 1. The molecule has 0 aliphatic carbocycles. The highest BCUT2D eigenvalue weighted by atomic mass is 16.5. The van der Waals surface area contributed by atoms with Gasteiger partial charge in [0.1, 0.15) is 5.69 Å². The highest BCUT2D eigenvalue weighted by Gasteiger charge is 2.02. The Kier molecular flexibility index (Phi) is 2.82. The summed E-state index contributed by atoms with van der Waals surface area (Å²) in [5, 5.41) is 15.5. The molecule has 4 heteroatoms. The fraction of sp³-hybridized carbons (Fsp3) is 0. The van der Waals surface area contributed by atoms with E-state index < -0.39 is 0 Å². The second-order valence-corrected chi connectivity index (χ2v) is 3.30. The van der Waals surface area contributed by atoms with Crippen LogP contribution >= 0.6 is 0 Å². The van der Waals surface area contributed by atoms with Crippen molar-refractivity contribution in [1.29, 1.82) is 0 Å². The van der Waals surface area contributed by atoms with Gasteiger partial charge in [-0.3, -0.25) is 0 Å². The number of nitrogens with two attached hydrogens (primary N) is 1. The maximum atomic E-state index is 11.6.